The van der Waals surface area contributed by atoms with Gasteiger partial charge in [0.2, 0.25) is 5.91 Å². The summed E-state index contributed by atoms with van der Waals surface area (Å²) in [6.07, 6.45) is 2.11. The largest absolute Gasteiger partial charge is 0.339 e. The number of amides is 1. The number of hydrogen-bond donors (Lipinski definition) is 1. The van der Waals surface area contributed by atoms with E-state index in [1.165, 1.54) is 19.9 Å². The van der Waals surface area contributed by atoms with E-state index in [9.17, 15) is 13.6 Å². The van der Waals surface area contributed by atoms with E-state index in [-0.39, 0.29) is 12.5 Å². The first-order chi connectivity index (χ1) is 7.09. The molecule has 1 saturated carbocycles. The summed E-state index contributed by atoms with van der Waals surface area (Å²) in [5.74, 6) is -0.262. The van der Waals surface area contributed by atoms with Gasteiger partial charge in [-0.2, -0.15) is 0 Å². The summed E-state index contributed by atoms with van der Waals surface area (Å²) in [6.45, 7) is -0.306. The quantitative estimate of drug-likeness (QED) is 0.756. The van der Waals surface area contributed by atoms with E-state index < -0.39 is 13.0 Å². The number of carbonyl (C=O) groups excluding carboxylic acids is 1. The van der Waals surface area contributed by atoms with E-state index in [0.717, 1.165) is 17.7 Å². The van der Waals surface area contributed by atoms with Crippen LogP contribution in [-0.2, 0) is 4.79 Å². The van der Waals surface area contributed by atoms with E-state index in [4.69, 9.17) is 0 Å². The summed E-state index contributed by atoms with van der Waals surface area (Å²) in [4.78, 5) is 12.4. The highest BCUT2D eigenvalue weighted by Crippen LogP contribution is 2.17. The molecule has 1 N–H and O–H groups in total. The van der Waals surface area contributed by atoms with Gasteiger partial charge >= 0.3 is 0 Å². The van der Waals surface area contributed by atoms with E-state index in [2.05, 4.69) is 5.32 Å². The molecule has 88 valence electrons. The molecule has 0 atom stereocenters. The minimum Gasteiger partial charge on any atom is -0.339 e. The molecule has 0 aromatic heterocycles. The molecule has 15 heavy (non-hydrogen) atoms. The molecule has 0 aliphatic heterocycles. The Balaban J connectivity index is 2.16. The molecule has 0 radical (unpaired) electrons. The van der Waals surface area contributed by atoms with Crippen LogP contribution in [0, 0.1) is 0 Å². The number of rotatable bonds is 5. The van der Waals surface area contributed by atoms with Gasteiger partial charge in [-0.1, -0.05) is 12.8 Å². The van der Waals surface area contributed by atoms with Crippen LogP contribution < -0.4 is 5.32 Å². The van der Waals surface area contributed by atoms with E-state index in [0.29, 0.717) is 6.04 Å². The van der Waals surface area contributed by atoms with Crippen molar-refractivity contribution in [1.82, 2.24) is 10.2 Å². The zero-order valence-corrected chi connectivity index (χ0v) is 9.01. The molecule has 1 aliphatic rings. The van der Waals surface area contributed by atoms with E-state index in [1.54, 1.807) is 0 Å². The average Bonchev–Trinajstić information content (AvgIpc) is 2.65. The third-order valence-electron chi connectivity index (χ3n) is 2.73. The zero-order chi connectivity index (χ0) is 11.3. The Morgan fingerprint density at radius 2 is 2.07 bits per heavy atom. The maximum absolute atomic E-state index is 12.0. The summed E-state index contributed by atoms with van der Waals surface area (Å²) < 4.78 is 23.9. The zero-order valence-electron chi connectivity index (χ0n) is 9.01. The maximum Gasteiger partial charge on any atom is 0.255 e. The lowest BCUT2D eigenvalue weighted by Crippen LogP contribution is -2.40. The molecule has 0 spiro atoms. The third kappa shape index (κ3) is 4.55. The van der Waals surface area contributed by atoms with Crippen molar-refractivity contribution in [3.05, 3.63) is 0 Å². The molecule has 1 amide bonds. The Labute approximate surface area is 88.8 Å². The highest BCUT2D eigenvalue weighted by atomic mass is 19.3. The predicted molar refractivity (Wildman–Crippen MR) is 53.9 cm³/mol. The topological polar surface area (TPSA) is 32.3 Å². The van der Waals surface area contributed by atoms with Crippen LogP contribution in [0.25, 0.3) is 0 Å². The van der Waals surface area contributed by atoms with Crippen LogP contribution in [0.3, 0.4) is 0 Å². The summed E-state index contributed by atoms with van der Waals surface area (Å²) in [5, 5.41) is 3.10. The minimum atomic E-state index is -2.45. The predicted octanol–water partition coefficient (Wildman–Crippen LogP) is 1.24. The molecular formula is C10H18F2N2O. The lowest BCUT2D eigenvalue weighted by molar-refractivity contribution is -0.130. The second-order valence-electron chi connectivity index (χ2n) is 4.03. The molecule has 5 heteroatoms. The number of alkyl halides is 2. The summed E-state index contributed by atoms with van der Waals surface area (Å²) in [7, 11) is 1.41. The number of carbonyl (C=O) groups is 1. The average molecular weight is 220 g/mol. The Kier molecular flexibility index (Phi) is 4.94. The Bertz CT molecular complexity index is 206. The fourth-order valence-corrected chi connectivity index (χ4v) is 1.81. The Hall–Kier alpha value is -0.710. The van der Waals surface area contributed by atoms with Crippen molar-refractivity contribution in [2.45, 2.75) is 38.2 Å². The van der Waals surface area contributed by atoms with Crippen LogP contribution in [-0.4, -0.2) is 43.4 Å². The van der Waals surface area contributed by atoms with Gasteiger partial charge in [-0.05, 0) is 12.8 Å². The molecule has 0 aromatic carbocycles. The Morgan fingerprint density at radius 3 is 2.60 bits per heavy atom. The normalized spacial score (nSPS) is 17.3. The van der Waals surface area contributed by atoms with E-state index in [1.807, 2.05) is 0 Å². The number of nitrogens with one attached hydrogen (secondary N) is 1. The molecule has 0 unspecified atom stereocenters. The minimum absolute atomic E-state index is 0.174. The van der Waals surface area contributed by atoms with Crippen molar-refractivity contribution < 1.29 is 13.6 Å². The van der Waals surface area contributed by atoms with Gasteiger partial charge < -0.3 is 10.2 Å². The SMILES string of the molecule is CN(CC(F)F)C(=O)CNC1CCCC1. The van der Waals surface area contributed by atoms with Crippen LogP contribution in [0.5, 0.6) is 0 Å². The molecule has 0 heterocycles. The molecule has 1 aliphatic carbocycles. The second kappa shape index (κ2) is 6.00. The van der Waals surface area contributed by atoms with Crippen molar-refractivity contribution in [2.75, 3.05) is 20.1 Å². The summed E-state index contributed by atoms with van der Waals surface area (Å²) in [5.41, 5.74) is 0. The van der Waals surface area contributed by atoms with Crippen LogP contribution in [0.2, 0.25) is 0 Å². The first-order valence-electron chi connectivity index (χ1n) is 5.35. The van der Waals surface area contributed by atoms with Gasteiger partial charge in [-0.3, -0.25) is 4.79 Å². The summed E-state index contributed by atoms with van der Waals surface area (Å²) in [6, 6.07) is 0.397. The van der Waals surface area contributed by atoms with Gasteiger partial charge in [0.15, 0.2) is 0 Å². The molecule has 0 bridgehead atoms. The maximum atomic E-state index is 12.0. The first kappa shape index (κ1) is 12.4. The molecule has 3 nitrogen and oxygen atoms in total. The molecule has 0 aromatic rings. The fraction of sp³-hybridized carbons (Fsp3) is 0.900. The third-order valence-corrected chi connectivity index (χ3v) is 2.73. The van der Waals surface area contributed by atoms with Crippen molar-refractivity contribution in [2.24, 2.45) is 0 Å². The smallest absolute Gasteiger partial charge is 0.255 e. The van der Waals surface area contributed by atoms with Gasteiger partial charge in [0.05, 0.1) is 13.1 Å². The van der Waals surface area contributed by atoms with Crippen LogP contribution in [0.1, 0.15) is 25.7 Å². The Morgan fingerprint density at radius 1 is 1.47 bits per heavy atom. The highest BCUT2D eigenvalue weighted by molar-refractivity contribution is 5.78. The standard InChI is InChI=1S/C10H18F2N2O/c1-14(7-9(11)12)10(15)6-13-8-4-2-3-5-8/h8-9,13H,2-7H2,1H3. The van der Waals surface area contributed by atoms with Crippen LogP contribution in [0.4, 0.5) is 8.78 Å². The van der Waals surface area contributed by atoms with Crippen molar-refractivity contribution in [3.8, 4) is 0 Å². The second-order valence-corrected chi connectivity index (χ2v) is 4.03. The summed E-state index contributed by atoms with van der Waals surface area (Å²) >= 11 is 0. The van der Waals surface area contributed by atoms with Gasteiger partial charge in [0.1, 0.15) is 0 Å². The monoisotopic (exact) mass is 220 g/mol. The van der Waals surface area contributed by atoms with Crippen molar-refractivity contribution >= 4 is 5.91 Å². The molecule has 1 rings (SSSR count). The molecular weight excluding hydrogens is 202 g/mol. The lowest BCUT2D eigenvalue weighted by Gasteiger charge is -2.18. The van der Waals surface area contributed by atoms with Gasteiger partial charge in [0.25, 0.3) is 6.43 Å². The fourth-order valence-electron chi connectivity index (χ4n) is 1.81. The van der Waals surface area contributed by atoms with Crippen molar-refractivity contribution in [1.29, 1.82) is 0 Å². The first-order valence-corrected chi connectivity index (χ1v) is 5.35. The number of halogens is 2. The number of hydrogen-bond acceptors (Lipinski definition) is 2. The van der Waals surface area contributed by atoms with Crippen LogP contribution in [0.15, 0.2) is 0 Å². The van der Waals surface area contributed by atoms with E-state index >= 15 is 0 Å². The molecule has 1 fully saturated rings. The van der Waals surface area contributed by atoms with Gasteiger partial charge in [-0.25, -0.2) is 8.78 Å². The van der Waals surface area contributed by atoms with Crippen molar-refractivity contribution in [3.63, 3.8) is 0 Å². The van der Waals surface area contributed by atoms with Crippen LogP contribution >= 0.6 is 0 Å². The van der Waals surface area contributed by atoms with Gasteiger partial charge in [0, 0.05) is 13.1 Å². The number of likely N-dealkylation sites (N-methyl/N-ethyl adjacent to an activating group) is 1. The molecule has 0 saturated heterocycles. The highest BCUT2D eigenvalue weighted by Gasteiger charge is 2.18. The van der Waals surface area contributed by atoms with Gasteiger partial charge in [-0.15, -0.1) is 0 Å². The number of nitrogens with zero attached hydrogens (tertiary/aromatic N) is 1. The lowest BCUT2D eigenvalue weighted by atomic mass is 10.2.